The van der Waals surface area contributed by atoms with E-state index in [2.05, 4.69) is 10.3 Å². The first-order valence-electron chi connectivity index (χ1n) is 7.95. The Labute approximate surface area is 148 Å². The molecular weight excluding hydrogens is 361 g/mol. The lowest BCUT2D eigenvalue weighted by Gasteiger charge is -2.29. The number of hydrogen-bond acceptors (Lipinski definition) is 4. The van der Waals surface area contributed by atoms with Gasteiger partial charge in [0.2, 0.25) is 0 Å². The van der Waals surface area contributed by atoms with Crippen molar-refractivity contribution in [2.45, 2.75) is 44.0 Å². The molecule has 1 heterocycles. The third kappa shape index (κ3) is 6.13. The molecule has 2 rings (SSSR count). The van der Waals surface area contributed by atoms with E-state index in [4.69, 9.17) is 21.1 Å². The van der Waals surface area contributed by atoms with Gasteiger partial charge in [0.05, 0.1) is 24.9 Å². The smallest absolute Gasteiger partial charge is 0.382 e. The van der Waals surface area contributed by atoms with Crippen LogP contribution in [0.5, 0.6) is 0 Å². The molecule has 140 valence electrons. The SMILES string of the molecule is COCCO[C@H]1CC[C@H](NC(=O)c2cc(C(F)(F)F)cc(Cl)n2)CC1. The maximum atomic E-state index is 12.8. The molecule has 1 aromatic rings. The first-order chi connectivity index (χ1) is 11.8. The van der Waals surface area contributed by atoms with Crippen molar-refractivity contribution in [1.29, 1.82) is 0 Å². The number of halogens is 4. The molecule has 1 aliphatic rings. The highest BCUT2D eigenvalue weighted by molar-refractivity contribution is 6.29. The Morgan fingerprint density at radius 1 is 1.28 bits per heavy atom. The van der Waals surface area contributed by atoms with Gasteiger partial charge in [0.25, 0.3) is 5.91 Å². The molecule has 0 unspecified atom stereocenters. The topological polar surface area (TPSA) is 60.5 Å². The van der Waals surface area contributed by atoms with Crippen LogP contribution >= 0.6 is 11.6 Å². The molecule has 0 aliphatic heterocycles. The first kappa shape index (κ1) is 19.9. The molecular formula is C16H20ClF3N2O3. The Morgan fingerprint density at radius 3 is 2.56 bits per heavy atom. The minimum atomic E-state index is -4.58. The summed E-state index contributed by atoms with van der Waals surface area (Å²) in [5.74, 6) is -0.656. The molecule has 25 heavy (non-hydrogen) atoms. The normalized spacial score (nSPS) is 21.2. The van der Waals surface area contributed by atoms with Gasteiger partial charge in [-0.05, 0) is 37.8 Å². The number of pyridine rings is 1. The average molecular weight is 381 g/mol. The number of amides is 1. The zero-order chi connectivity index (χ0) is 18.4. The second-order valence-electron chi connectivity index (χ2n) is 5.87. The third-order valence-electron chi connectivity index (χ3n) is 4.00. The number of ether oxygens (including phenoxy) is 2. The lowest BCUT2D eigenvalue weighted by atomic mass is 9.93. The fourth-order valence-electron chi connectivity index (χ4n) is 2.71. The van der Waals surface area contributed by atoms with E-state index in [-0.39, 0.29) is 23.0 Å². The van der Waals surface area contributed by atoms with Gasteiger partial charge in [-0.25, -0.2) is 4.98 Å². The molecule has 0 bridgehead atoms. The number of nitrogens with one attached hydrogen (secondary N) is 1. The highest BCUT2D eigenvalue weighted by Gasteiger charge is 2.32. The van der Waals surface area contributed by atoms with Crippen LogP contribution in [0.2, 0.25) is 5.15 Å². The van der Waals surface area contributed by atoms with Gasteiger partial charge < -0.3 is 14.8 Å². The number of alkyl halides is 3. The fraction of sp³-hybridized carbons (Fsp3) is 0.625. The third-order valence-corrected chi connectivity index (χ3v) is 4.20. The van der Waals surface area contributed by atoms with Gasteiger partial charge in [0.15, 0.2) is 0 Å². The molecule has 0 saturated heterocycles. The van der Waals surface area contributed by atoms with Crippen molar-refractivity contribution in [3.63, 3.8) is 0 Å². The molecule has 1 aromatic heterocycles. The predicted molar refractivity (Wildman–Crippen MR) is 85.6 cm³/mol. The number of carbonyl (C=O) groups is 1. The maximum Gasteiger partial charge on any atom is 0.416 e. The monoisotopic (exact) mass is 380 g/mol. The average Bonchev–Trinajstić information content (AvgIpc) is 2.55. The fourth-order valence-corrected chi connectivity index (χ4v) is 2.92. The number of nitrogens with zero attached hydrogens (tertiary/aromatic N) is 1. The number of rotatable bonds is 6. The molecule has 0 atom stereocenters. The standard InChI is InChI=1S/C16H20ClF3N2O3/c1-24-6-7-25-12-4-2-11(3-5-12)21-15(23)13-8-10(16(18,19)20)9-14(17)22-13/h8-9,11-12H,2-7H2,1H3,(H,21,23)/t11-,12-. The lowest BCUT2D eigenvalue weighted by molar-refractivity contribution is -0.137. The molecule has 1 amide bonds. The van der Waals surface area contributed by atoms with Crippen molar-refractivity contribution < 1.29 is 27.4 Å². The molecule has 1 fully saturated rings. The van der Waals surface area contributed by atoms with Crippen LogP contribution in [0.25, 0.3) is 0 Å². The Bertz CT molecular complexity index is 590. The van der Waals surface area contributed by atoms with Gasteiger partial charge in [-0.15, -0.1) is 0 Å². The van der Waals surface area contributed by atoms with Crippen molar-refractivity contribution in [1.82, 2.24) is 10.3 Å². The first-order valence-corrected chi connectivity index (χ1v) is 8.33. The number of hydrogen-bond donors (Lipinski definition) is 1. The van der Waals surface area contributed by atoms with Gasteiger partial charge in [-0.3, -0.25) is 4.79 Å². The van der Waals surface area contributed by atoms with Crippen molar-refractivity contribution in [3.05, 3.63) is 28.5 Å². The highest BCUT2D eigenvalue weighted by Crippen LogP contribution is 2.31. The summed E-state index contributed by atoms with van der Waals surface area (Å²) in [6.07, 6.45) is -1.55. The summed E-state index contributed by atoms with van der Waals surface area (Å²) in [5, 5.41) is 2.36. The van der Waals surface area contributed by atoms with Crippen molar-refractivity contribution in [3.8, 4) is 0 Å². The summed E-state index contributed by atoms with van der Waals surface area (Å²) in [5.41, 5.74) is -1.33. The molecule has 0 spiro atoms. The Hall–Kier alpha value is -1.38. The molecule has 9 heteroatoms. The second-order valence-corrected chi connectivity index (χ2v) is 6.26. The highest BCUT2D eigenvalue weighted by atomic mass is 35.5. The van der Waals surface area contributed by atoms with E-state index >= 15 is 0 Å². The molecule has 0 aromatic carbocycles. The van der Waals surface area contributed by atoms with Gasteiger partial charge >= 0.3 is 6.18 Å². The van der Waals surface area contributed by atoms with E-state index < -0.39 is 17.6 Å². The summed E-state index contributed by atoms with van der Waals surface area (Å²) in [6.45, 7) is 1.05. The number of aromatic nitrogens is 1. The number of methoxy groups -OCH3 is 1. The van der Waals surface area contributed by atoms with Crippen LogP contribution in [0.3, 0.4) is 0 Å². The quantitative estimate of drug-likeness (QED) is 0.606. The van der Waals surface area contributed by atoms with Crippen LogP contribution in [0.4, 0.5) is 13.2 Å². The molecule has 1 saturated carbocycles. The van der Waals surface area contributed by atoms with Crippen LogP contribution in [-0.2, 0) is 15.7 Å². The zero-order valence-electron chi connectivity index (χ0n) is 13.7. The predicted octanol–water partition coefficient (Wildman–Crippen LogP) is 3.46. The summed E-state index contributed by atoms with van der Waals surface area (Å²) in [4.78, 5) is 15.9. The minimum absolute atomic E-state index is 0.115. The lowest BCUT2D eigenvalue weighted by Crippen LogP contribution is -2.39. The summed E-state index contributed by atoms with van der Waals surface area (Å²) in [6, 6.07) is 1.28. The van der Waals surface area contributed by atoms with Crippen molar-refractivity contribution >= 4 is 17.5 Å². The number of carbonyl (C=O) groups excluding carboxylic acids is 1. The molecule has 1 aliphatic carbocycles. The van der Waals surface area contributed by atoms with Gasteiger partial charge in [0.1, 0.15) is 10.8 Å². The Kier molecular flexibility index (Phi) is 7.04. The van der Waals surface area contributed by atoms with Crippen LogP contribution in [0.1, 0.15) is 41.7 Å². The van der Waals surface area contributed by atoms with E-state index in [1.165, 1.54) is 0 Å². The van der Waals surface area contributed by atoms with Crippen molar-refractivity contribution in [2.24, 2.45) is 0 Å². The van der Waals surface area contributed by atoms with Gasteiger partial charge in [-0.1, -0.05) is 11.6 Å². The van der Waals surface area contributed by atoms with Crippen LogP contribution in [-0.4, -0.2) is 43.4 Å². The van der Waals surface area contributed by atoms with E-state index in [1.807, 2.05) is 0 Å². The maximum absolute atomic E-state index is 12.8. The Morgan fingerprint density at radius 2 is 1.96 bits per heavy atom. The van der Waals surface area contributed by atoms with Crippen LogP contribution in [0.15, 0.2) is 12.1 Å². The van der Waals surface area contributed by atoms with Crippen LogP contribution in [0, 0.1) is 0 Å². The largest absolute Gasteiger partial charge is 0.416 e. The van der Waals surface area contributed by atoms with Crippen molar-refractivity contribution in [2.75, 3.05) is 20.3 Å². The van der Waals surface area contributed by atoms with Crippen LogP contribution < -0.4 is 5.32 Å². The summed E-state index contributed by atoms with van der Waals surface area (Å²) in [7, 11) is 1.60. The van der Waals surface area contributed by atoms with Gasteiger partial charge in [0, 0.05) is 13.2 Å². The molecule has 1 N–H and O–H groups in total. The Balaban J connectivity index is 1.90. The molecule has 5 nitrogen and oxygen atoms in total. The zero-order valence-corrected chi connectivity index (χ0v) is 14.5. The van der Waals surface area contributed by atoms with Gasteiger partial charge in [-0.2, -0.15) is 13.2 Å². The van der Waals surface area contributed by atoms with E-state index in [0.29, 0.717) is 38.2 Å². The van der Waals surface area contributed by atoms with E-state index in [0.717, 1.165) is 12.8 Å². The van der Waals surface area contributed by atoms with E-state index in [9.17, 15) is 18.0 Å². The van der Waals surface area contributed by atoms with E-state index in [1.54, 1.807) is 7.11 Å². The second kappa shape index (κ2) is 8.82. The minimum Gasteiger partial charge on any atom is -0.382 e. The summed E-state index contributed by atoms with van der Waals surface area (Å²) >= 11 is 5.60. The summed E-state index contributed by atoms with van der Waals surface area (Å²) < 4.78 is 49.0. The molecule has 0 radical (unpaired) electrons.